The SMILES string of the molecule is COc1cc2nc(-c3ccc(OCCCNCC(O)COc4cccc(C)c4)cc3)n(C)c(=O)c2cc1OC. The first-order chi connectivity index (χ1) is 18.9. The summed E-state index contributed by atoms with van der Waals surface area (Å²) >= 11 is 0. The van der Waals surface area contributed by atoms with Gasteiger partial charge in [0.1, 0.15) is 30.0 Å². The van der Waals surface area contributed by atoms with E-state index in [2.05, 4.69) is 5.32 Å². The monoisotopic (exact) mass is 533 g/mol. The number of rotatable bonds is 13. The summed E-state index contributed by atoms with van der Waals surface area (Å²) in [5, 5.41) is 13.8. The number of benzene rings is 3. The Kier molecular flexibility index (Phi) is 9.40. The first kappa shape index (κ1) is 27.9. The molecule has 0 bridgehead atoms. The number of ether oxygens (including phenoxy) is 4. The quantitative estimate of drug-likeness (QED) is 0.251. The van der Waals surface area contributed by atoms with Crippen LogP contribution in [0, 0.1) is 6.92 Å². The van der Waals surface area contributed by atoms with Gasteiger partial charge >= 0.3 is 0 Å². The zero-order chi connectivity index (χ0) is 27.8. The van der Waals surface area contributed by atoms with Crippen LogP contribution in [0.2, 0.25) is 0 Å². The van der Waals surface area contributed by atoms with Crippen LogP contribution in [0.1, 0.15) is 12.0 Å². The fourth-order valence-corrected chi connectivity index (χ4v) is 4.17. The van der Waals surface area contributed by atoms with Crippen LogP contribution >= 0.6 is 0 Å². The maximum Gasteiger partial charge on any atom is 0.261 e. The molecule has 0 aliphatic heterocycles. The van der Waals surface area contributed by atoms with Crippen molar-refractivity contribution in [1.29, 1.82) is 0 Å². The molecule has 0 aliphatic rings. The van der Waals surface area contributed by atoms with E-state index in [9.17, 15) is 9.90 Å². The Morgan fingerprint density at radius 1 is 0.974 bits per heavy atom. The molecule has 206 valence electrons. The van der Waals surface area contributed by atoms with Crippen molar-refractivity contribution in [3.8, 4) is 34.4 Å². The van der Waals surface area contributed by atoms with Crippen molar-refractivity contribution in [3.63, 3.8) is 0 Å². The Morgan fingerprint density at radius 2 is 1.72 bits per heavy atom. The predicted octanol–water partition coefficient (Wildman–Crippen LogP) is 3.72. The molecule has 0 aliphatic carbocycles. The molecule has 39 heavy (non-hydrogen) atoms. The molecule has 4 rings (SSSR count). The highest BCUT2D eigenvalue weighted by atomic mass is 16.5. The summed E-state index contributed by atoms with van der Waals surface area (Å²) in [4.78, 5) is 17.7. The molecule has 9 nitrogen and oxygen atoms in total. The van der Waals surface area contributed by atoms with E-state index >= 15 is 0 Å². The van der Waals surface area contributed by atoms with E-state index in [1.165, 1.54) is 11.7 Å². The predicted molar refractivity (Wildman–Crippen MR) is 151 cm³/mol. The van der Waals surface area contributed by atoms with Crippen LogP contribution in [0.3, 0.4) is 0 Å². The van der Waals surface area contributed by atoms with Gasteiger partial charge < -0.3 is 29.4 Å². The number of hydrogen-bond acceptors (Lipinski definition) is 8. The van der Waals surface area contributed by atoms with Gasteiger partial charge in [0, 0.05) is 25.2 Å². The number of aryl methyl sites for hydroxylation is 1. The Hall–Kier alpha value is -4.08. The number of hydrogen-bond donors (Lipinski definition) is 2. The summed E-state index contributed by atoms with van der Waals surface area (Å²) in [5.74, 6) is 3.02. The Morgan fingerprint density at radius 3 is 2.44 bits per heavy atom. The smallest absolute Gasteiger partial charge is 0.261 e. The van der Waals surface area contributed by atoms with Crippen LogP contribution in [0.25, 0.3) is 22.3 Å². The van der Waals surface area contributed by atoms with Gasteiger partial charge in [-0.3, -0.25) is 9.36 Å². The molecule has 1 atom stereocenters. The largest absolute Gasteiger partial charge is 0.494 e. The molecule has 9 heteroatoms. The van der Waals surface area contributed by atoms with E-state index in [0.29, 0.717) is 47.9 Å². The molecule has 0 spiro atoms. The fourth-order valence-electron chi connectivity index (χ4n) is 4.17. The number of aliphatic hydroxyl groups excluding tert-OH is 1. The lowest BCUT2D eigenvalue weighted by atomic mass is 10.1. The Balaban J connectivity index is 1.26. The van der Waals surface area contributed by atoms with Crippen molar-refractivity contribution in [2.24, 2.45) is 7.05 Å². The number of aromatic nitrogens is 2. The highest BCUT2D eigenvalue weighted by Crippen LogP contribution is 2.31. The molecule has 0 fully saturated rings. The van der Waals surface area contributed by atoms with Crippen LogP contribution in [-0.4, -0.2) is 61.3 Å². The third-order valence-corrected chi connectivity index (χ3v) is 6.27. The van der Waals surface area contributed by atoms with Crippen molar-refractivity contribution >= 4 is 10.9 Å². The Labute approximate surface area is 227 Å². The minimum absolute atomic E-state index is 0.171. The number of nitrogens with zero attached hydrogens (tertiary/aromatic N) is 2. The number of methoxy groups -OCH3 is 2. The second kappa shape index (κ2) is 13.1. The van der Waals surface area contributed by atoms with Gasteiger partial charge in [-0.05, 0) is 67.9 Å². The van der Waals surface area contributed by atoms with Crippen molar-refractivity contribution in [2.75, 3.05) is 40.5 Å². The summed E-state index contributed by atoms with van der Waals surface area (Å²) in [6, 6.07) is 18.6. The van der Waals surface area contributed by atoms with Crippen LogP contribution in [0.4, 0.5) is 0 Å². The molecule has 0 saturated heterocycles. The number of fused-ring (bicyclic) bond motifs is 1. The first-order valence-corrected chi connectivity index (χ1v) is 12.8. The van der Waals surface area contributed by atoms with Crippen LogP contribution in [0.15, 0.2) is 65.5 Å². The molecule has 1 heterocycles. The van der Waals surface area contributed by atoms with Gasteiger partial charge in [0.15, 0.2) is 11.5 Å². The molecule has 2 N–H and O–H groups in total. The standard InChI is InChI=1S/C30H35N3O6/c1-20-7-5-8-24(15-20)39-19-22(34)18-31-13-6-14-38-23-11-9-21(10-12-23)29-32-26-17-28(37-4)27(36-3)16-25(26)30(35)33(29)2/h5,7-12,15-17,22,31,34H,6,13-14,18-19H2,1-4H3. The summed E-state index contributed by atoms with van der Waals surface area (Å²) in [6.07, 6.45) is 0.181. The van der Waals surface area contributed by atoms with E-state index in [-0.39, 0.29) is 12.2 Å². The van der Waals surface area contributed by atoms with Gasteiger partial charge in [-0.25, -0.2) is 4.98 Å². The zero-order valence-corrected chi connectivity index (χ0v) is 22.8. The lowest BCUT2D eigenvalue weighted by molar-refractivity contribution is 0.106. The van der Waals surface area contributed by atoms with Crippen molar-refractivity contribution in [3.05, 3.63) is 76.6 Å². The van der Waals surface area contributed by atoms with E-state index in [0.717, 1.165) is 29.0 Å². The van der Waals surface area contributed by atoms with Gasteiger partial charge in [0.05, 0.1) is 31.7 Å². The molecular weight excluding hydrogens is 498 g/mol. The van der Waals surface area contributed by atoms with E-state index < -0.39 is 6.10 Å². The van der Waals surface area contributed by atoms with Crippen LogP contribution in [-0.2, 0) is 7.05 Å². The summed E-state index contributed by atoms with van der Waals surface area (Å²) in [6.45, 7) is 3.91. The molecule has 4 aromatic rings. The highest BCUT2D eigenvalue weighted by Gasteiger charge is 2.14. The fraction of sp³-hybridized carbons (Fsp3) is 0.333. The second-order valence-electron chi connectivity index (χ2n) is 9.24. The molecule has 3 aromatic carbocycles. The Bertz CT molecular complexity index is 1450. The summed E-state index contributed by atoms with van der Waals surface area (Å²) in [5.41, 5.74) is 2.27. The normalized spacial score (nSPS) is 11.8. The zero-order valence-electron chi connectivity index (χ0n) is 22.8. The minimum atomic E-state index is -0.596. The molecular formula is C30H35N3O6. The van der Waals surface area contributed by atoms with E-state index in [1.54, 1.807) is 26.3 Å². The van der Waals surface area contributed by atoms with Gasteiger partial charge in [-0.15, -0.1) is 0 Å². The lowest BCUT2D eigenvalue weighted by Crippen LogP contribution is -2.32. The van der Waals surface area contributed by atoms with Crippen molar-refractivity contribution in [1.82, 2.24) is 14.9 Å². The maximum absolute atomic E-state index is 13.0. The van der Waals surface area contributed by atoms with E-state index in [1.807, 2.05) is 55.5 Å². The third-order valence-electron chi connectivity index (χ3n) is 6.27. The topological polar surface area (TPSA) is 104 Å². The number of nitrogens with one attached hydrogen (secondary N) is 1. The van der Waals surface area contributed by atoms with Crippen molar-refractivity contribution < 1.29 is 24.1 Å². The van der Waals surface area contributed by atoms with Gasteiger partial charge in [-0.2, -0.15) is 0 Å². The van der Waals surface area contributed by atoms with Gasteiger partial charge in [0.25, 0.3) is 5.56 Å². The van der Waals surface area contributed by atoms with Gasteiger partial charge in [-0.1, -0.05) is 12.1 Å². The number of aliphatic hydroxyl groups is 1. The van der Waals surface area contributed by atoms with Crippen LogP contribution < -0.4 is 29.8 Å². The molecule has 0 amide bonds. The average Bonchev–Trinajstić information content (AvgIpc) is 2.95. The second-order valence-corrected chi connectivity index (χ2v) is 9.24. The lowest BCUT2D eigenvalue weighted by Gasteiger charge is -2.14. The average molecular weight is 534 g/mol. The minimum Gasteiger partial charge on any atom is -0.494 e. The summed E-state index contributed by atoms with van der Waals surface area (Å²) in [7, 11) is 4.78. The molecule has 1 unspecified atom stereocenters. The van der Waals surface area contributed by atoms with E-state index in [4.69, 9.17) is 23.9 Å². The summed E-state index contributed by atoms with van der Waals surface area (Å²) < 4.78 is 23.7. The van der Waals surface area contributed by atoms with Crippen LogP contribution in [0.5, 0.6) is 23.0 Å². The third kappa shape index (κ3) is 7.07. The molecule has 1 aromatic heterocycles. The van der Waals surface area contributed by atoms with Crippen molar-refractivity contribution in [2.45, 2.75) is 19.4 Å². The molecule has 0 saturated carbocycles. The maximum atomic E-state index is 13.0. The van der Waals surface area contributed by atoms with Gasteiger partial charge in [0.2, 0.25) is 0 Å². The highest BCUT2D eigenvalue weighted by molar-refractivity contribution is 5.83. The molecule has 0 radical (unpaired) electrons. The first-order valence-electron chi connectivity index (χ1n) is 12.8.